The zero-order valence-electron chi connectivity index (χ0n) is 23.2. The second kappa shape index (κ2) is 12.4. The lowest BCUT2D eigenvalue weighted by Gasteiger charge is -2.32. The number of hydrogen-bond acceptors (Lipinski definition) is 8. The van der Waals surface area contributed by atoms with E-state index in [1.165, 1.54) is 0 Å². The molecule has 5 heterocycles. The van der Waals surface area contributed by atoms with Gasteiger partial charge in [-0.15, -0.1) is 6.42 Å². The topological polar surface area (TPSA) is 128 Å². The van der Waals surface area contributed by atoms with Gasteiger partial charge in [-0.1, -0.05) is 12.1 Å². The molecule has 6 rings (SSSR count). The third-order valence-corrected chi connectivity index (χ3v) is 7.60. The van der Waals surface area contributed by atoms with Crippen LogP contribution in [0.15, 0.2) is 55.0 Å². The SMILES string of the molecule is C#CC(=O)N[C@@H]1CCCN(Cc2ccnc(C(=O)Nc3ccc(-c4cc5c(N6CCOCC6)ncnc5[nH]4)cc3)c2)C1. The fourth-order valence-electron chi connectivity index (χ4n) is 5.54. The fraction of sp³-hybridized carbons (Fsp3) is 0.323. The molecule has 11 nitrogen and oxygen atoms in total. The summed E-state index contributed by atoms with van der Waals surface area (Å²) in [6.07, 6.45) is 10.3. The Kier molecular flexibility index (Phi) is 8.07. The minimum atomic E-state index is -0.383. The number of piperidine rings is 1. The number of aromatic nitrogens is 4. The lowest BCUT2D eigenvalue weighted by Crippen LogP contribution is -2.47. The number of morpholine rings is 1. The largest absolute Gasteiger partial charge is 0.378 e. The van der Waals surface area contributed by atoms with Crippen LogP contribution in [0.3, 0.4) is 0 Å². The first-order chi connectivity index (χ1) is 20.6. The minimum absolute atomic E-state index is 0.0268. The fourth-order valence-corrected chi connectivity index (χ4v) is 5.54. The third kappa shape index (κ3) is 6.25. The molecule has 3 aromatic heterocycles. The molecule has 0 unspecified atom stereocenters. The van der Waals surface area contributed by atoms with E-state index in [4.69, 9.17) is 11.2 Å². The third-order valence-electron chi connectivity index (χ3n) is 7.60. The number of terminal acetylenes is 1. The number of likely N-dealkylation sites (tertiary alicyclic amines) is 1. The number of rotatable bonds is 7. The van der Waals surface area contributed by atoms with Crippen LogP contribution in [-0.2, 0) is 16.1 Å². The van der Waals surface area contributed by atoms with E-state index in [9.17, 15) is 9.59 Å². The van der Waals surface area contributed by atoms with Crippen LogP contribution < -0.4 is 15.5 Å². The number of nitrogens with one attached hydrogen (secondary N) is 3. The van der Waals surface area contributed by atoms with Gasteiger partial charge in [0, 0.05) is 49.8 Å². The zero-order valence-corrected chi connectivity index (χ0v) is 23.2. The number of amides is 2. The maximum Gasteiger partial charge on any atom is 0.295 e. The van der Waals surface area contributed by atoms with Gasteiger partial charge in [0.25, 0.3) is 11.8 Å². The average molecular weight is 565 g/mol. The van der Waals surface area contributed by atoms with Gasteiger partial charge in [0.1, 0.15) is 23.5 Å². The summed E-state index contributed by atoms with van der Waals surface area (Å²) in [6, 6.07) is 13.5. The van der Waals surface area contributed by atoms with E-state index in [1.807, 2.05) is 36.4 Å². The number of carbonyl (C=O) groups is 2. The molecular weight excluding hydrogens is 532 g/mol. The number of benzene rings is 1. The second-order valence-corrected chi connectivity index (χ2v) is 10.5. The smallest absolute Gasteiger partial charge is 0.295 e. The summed E-state index contributed by atoms with van der Waals surface area (Å²) >= 11 is 0. The number of nitrogens with zero attached hydrogens (tertiary/aromatic N) is 5. The Hall–Kier alpha value is -4.79. The van der Waals surface area contributed by atoms with Crippen LogP contribution in [0.5, 0.6) is 0 Å². The van der Waals surface area contributed by atoms with Crippen LogP contribution in [0.2, 0.25) is 0 Å². The van der Waals surface area contributed by atoms with Gasteiger partial charge in [-0.2, -0.15) is 0 Å². The van der Waals surface area contributed by atoms with E-state index in [1.54, 1.807) is 12.5 Å². The summed E-state index contributed by atoms with van der Waals surface area (Å²) in [5, 5.41) is 6.79. The molecule has 2 saturated heterocycles. The molecule has 42 heavy (non-hydrogen) atoms. The van der Waals surface area contributed by atoms with E-state index >= 15 is 0 Å². The molecule has 1 atom stereocenters. The number of ether oxygens (including phenoxy) is 1. The van der Waals surface area contributed by atoms with Crippen LogP contribution in [0, 0.1) is 12.3 Å². The highest BCUT2D eigenvalue weighted by molar-refractivity contribution is 6.03. The molecule has 0 saturated carbocycles. The molecule has 214 valence electrons. The van der Waals surface area contributed by atoms with Gasteiger partial charge in [0.05, 0.1) is 18.6 Å². The van der Waals surface area contributed by atoms with Gasteiger partial charge >= 0.3 is 0 Å². The van der Waals surface area contributed by atoms with Crippen LogP contribution >= 0.6 is 0 Å². The van der Waals surface area contributed by atoms with Crippen LogP contribution in [-0.4, -0.2) is 82.1 Å². The first kappa shape index (κ1) is 27.4. The second-order valence-electron chi connectivity index (χ2n) is 10.5. The number of anilines is 2. The molecule has 11 heteroatoms. The summed E-state index contributed by atoms with van der Waals surface area (Å²) < 4.78 is 5.48. The van der Waals surface area contributed by atoms with E-state index in [-0.39, 0.29) is 17.9 Å². The molecule has 4 aromatic rings. The predicted octanol–water partition coefficient (Wildman–Crippen LogP) is 2.82. The predicted molar refractivity (Wildman–Crippen MR) is 160 cm³/mol. The molecule has 2 fully saturated rings. The summed E-state index contributed by atoms with van der Waals surface area (Å²) in [7, 11) is 0. The van der Waals surface area contributed by atoms with Gasteiger partial charge in [-0.25, -0.2) is 9.97 Å². The molecule has 0 bridgehead atoms. The van der Waals surface area contributed by atoms with E-state index in [2.05, 4.69) is 52.4 Å². The molecular formula is C31H32N8O3. The van der Waals surface area contributed by atoms with Crippen molar-refractivity contribution in [2.24, 2.45) is 0 Å². The van der Waals surface area contributed by atoms with Gasteiger partial charge < -0.3 is 25.3 Å². The number of aromatic amines is 1. The Morgan fingerprint density at radius 2 is 1.90 bits per heavy atom. The van der Waals surface area contributed by atoms with Crippen molar-refractivity contribution in [2.75, 3.05) is 49.6 Å². The van der Waals surface area contributed by atoms with Crippen molar-refractivity contribution in [1.29, 1.82) is 0 Å². The maximum atomic E-state index is 13.0. The normalized spacial score (nSPS) is 17.5. The zero-order chi connectivity index (χ0) is 28.9. The number of hydrogen-bond donors (Lipinski definition) is 3. The van der Waals surface area contributed by atoms with Crippen molar-refractivity contribution in [1.82, 2.24) is 30.2 Å². The van der Waals surface area contributed by atoms with Crippen molar-refractivity contribution in [3.8, 4) is 23.6 Å². The van der Waals surface area contributed by atoms with Gasteiger partial charge in [-0.3, -0.25) is 19.5 Å². The maximum absolute atomic E-state index is 13.0. The molecule has 0 radical (unpaired) electrons. The van der Waals surface area contributed by atoms with Gasteiger partial charge in [0.2, 0.25) is 0 Å². The molecule has 2 amide bonds. The van der Waals surface area contributed by atoms with Crippen LogP contribution in [0.25, 0.3) is 22.3 Å². The molecule has 2 aliphatic heterocycles. The van der Waals surface area contributed by atoms with E-state index in [0.717, 1.165) is 66.1 Å². The molecule has 2 aliphatic rings. The standard InChI is InChI=1S/C31H32N8O3/c1-2-28(40)35-24-4-3-11-38(19-24)18-21-9-10-32-27(16-21)31(41)36-23-7-5-22(6-8-23)26-17-25-29(37-26)33-20-34-30(25)39-12-14-42-15-13-39/h1,5-10,16-17,20,24H,3-4,11-15,18-19H2,(H,35,40)(H,36,41)(H,33,34,37)/t24-/m1/s1. The highest BCUT2D eigenvalue weighted by Gasteiger charge is 2.22. The summed E-state index contributed by atoms with van der Waals surface area (Å²) in [4.78, 5) is 45.7. The lowest BCUT2D eigenvalue weighted by atomic mass is 10.0. The van der Waals surface area contributed by atoms with E-state index in [0.29, 0.717) is 37.7 Å². The van der Waals surface area contributed by atoms with Crippen molar-refractivity contribution in [3.05, 3.63) is 66.2 Å². The highest BCUT2D eigenvalue weighted by Crippen LogP contribution is 2.29. The Bertz CT molecular complexity index is 1620. The van der Waals surface area contributed by atoms with Gasteiger partial charge in [0.15, 0.2) is 0 Å². The Morgan fingerprint density at radius 1 is 1.07 bits per heavy atom. The highest BCUT2D eigenvalue weighted by atomic mass is 16.5. The summed E-state index contributed by atoms with van der Waals surface area (Å²) in [6.45, 7) is 5.24. The number of carbonyl (C=O) groups excluding carboxylic acids is 2. The molecule has 0 spiro atoms. The minimum Gasteiger partial charge on any atom is -0.378 e. The first-order valence-electron chi connectivity index (χ1n) is 14.1. The summed E-state index contributed by atoms with van der Waals surface area (Å²) in [5.41, 5.74) is 4.66. The van der Waals surface area contributed by atoms with Gasteiger partial charge in [-0.05, 0) is 66.8 Å². The van der Waals surface area contributed by atoms with Crippen LogP contribution in [0.4, 0.5) is 11.5 Å². The average Bonchev–Trinajstić information content (AvgIpc) is 3.47. The number of fused-ring (bicyclic) bond motifs is 1. The Balaban J connectivity index is 1.10. The number of pyridine rings is 1. The molecule has 0 aliphatic carbocycles. The first-order valence-corrected chi connectivity index (χ1v) is 14.1. The Morgan fingerprint density at radius 3 is 2.71 bits per heavy atom. The van der Waals surface area contributed by atoms with Crippen molar-refractivity contribution in [2.45, 2.75) is 25.4 Å². The summed E-state index contributed by atoms with van der Waals surface area (Å²) in [5.74, 6) is 2.35. The van der Waals surface area contributed by atoms with Crippen molar-refractivity contribution in [3.63, 3.8) is 0 Å². The van der Waals surface area contributed by atoms with E-state index < -0.39 is 0 Å². The number of H-pyrrole nitrogens is 1. The quantitative estimate of drug-likeness (QED) is 0.293. The van der Waals surface area contributed by atoms with Crippen molar-refractivity contribution >= 4 is 34.4 Å². The Labute approximate surface area is 243 Å². The molecule has 1 aromatic carbocycles. The lowest BCUT2D eigenvalue weighted by molar-refractivity contribution is -0.116. The van der Waals surface area contributed by atoms with Crippen LogP contribution in [0.1, 0.15) is 28.9 Å². The molecule has 3 N–H and O–H groups in total. The van der Waals surface area contributed by atoms with Crippen molar-refractivity contribution < 1.29 is 14.3 Å². The monoisotopic (exact) mass is 564 g/mol.